The van der Waals surface area contributed by atoms with Gasteiger partial charge in [0.25, 0.3) is 0 Å². The lowest BCUT2D eigenvalue weighted by atomic mass is 10.1. The number of halogens is 3. The monoisotopic (exact) mass is 237 g/mol. The molecule has 0 aliphatic heterocycles. The van der Waals surface area contributed by atoms with Gasteiger partial charge in [0.2, 0.25) is 6.43 Å². The average Bonchev–Trinajstić information content (AvgIpc) is 2.83. The third-order valence-electron chi connectivity index (χ3n) is 2.60. The Hall–Kier alpha value is -0.350. The number of hydrogen-bond donors (Lipinski definition) is 1. The van der Waals surface area contributed by atoms with Gasteiger partial charge < -0.3 is 5.32 Å². The first-order valence-electron chi connectivity index (χ1n) is 4.39. The largest absolute Gasteiger partial charge is 0.382 e. The van der Waals surface area contributed by atoms with E-state index < -0.39 is 11.8 Å². The van der Waals surface area contributed by atoms with Crippen LogP contribution in [-0.2, 0) is 0 Å². The van der Waals surface area contributed by atoms with Gasteiger partial charge in [0.1, 0.15) is 4.34 Å². The average molecular weight is 238 g/mol. The lowest BCUT2D eigenvalue weighted by molar-refractivity contribution is 0.0688. The number of hydrogen-bond acceptors (Lipinski definition) is 2. The molecule has 1 aliphatic carbocycles. The number of anilines is 1. The van der Waals surface area contributed by atoms with Crippen molar-refractivity contribution in [2.75, 3.05) is 11.9 Å². The minimum atomic E-state index is -2.23. The molecule has 1 aromatic rings. The van der Waals surface area contributed by atoms with E-state index in [9.17, 15) is 8.78 Å². The van der Waals surface area contributed by atoms with Crippen molar-refractivity contribution in [2.24, 2.45) is 5.41 Å². The molecule has 1 aromatic heterocycles. The van der Waals surface area contributed by atoms with Crippen LogP contribution < -0.4 is 5.32 Å². The van der Waals surface area contributed by atoms with Crippen LogP contribution in [0.25, 0.3) is 0 Å². The fourth-order valence-corrected chi connectivity index (χ4v) is 2.20. The molecule has 5 heteroatoms. The molecule has 0 aromatic carbocycles. The maximum absolute atomic E-state index is 12.5. The van der Waals surface area contributed by atoms with Crippen molar-refractivity contribution < 1.29 is 8.78 Å². The Kier molecular flexibility index (Phi) is 2.66. The first-order chi connectivity index (χ1) is 6.64. The standard InChI is InChI=1S/C9H10ClF2NS/c10-7-6(1-4-14-7)13-5-9(2-3-9)8(11)12/h1,4,8,13H,2-3,5H2. The molecule has 14 heavy (non-hydrogen) atoms. The molecule has 1 aliphatic rings. The highest BCUT2D eigenvalue weighted by molar-refractivity contribution is 7.15. The molecule has 1 fully saturated rings. The van der Waals surface area contributed by atoms with E-state index >= 15 is 0 Å². The van der Waals surface area contributed by atoms with Gasteiger partial charge in [0.05, 0.1) is 5.69 Å². The topological polar surface area (TPSA) is 12.0 Å². The van der Waals surface area contributed by atoms with Crippen LogP contribution >= 0.6 is 22.9 Å². The van der Waals surface area contributed by atoms with E-state index in [1.165, 1.54) is 11.3 Å². The van der Waals surface area contributed by atoms with Crippen molar-refractivity contribution in [3.8, 4) is 0 Å². The normalized spacial score (nSPS) is 18.6. The molecule has 1 nitrogen and oxygen atoms in total. The molecule has 1 saturated carbocycles. The Labute approximate surface area is 90.1 Å². The smallest absolute Gasteiger partial charge is 0.245 e. The van der Waals surface area contributed by atoms with E-state index in [1.54, 1.807) is 0 Å². The lowest BCUT2D eigenvalue weighted by Crippen LogP contribution is -2.22. The molecule has 0 saturated heterocycles. The van der Waals surface area contributed by atoms with E-state index in [2.05, 4.69) is 5.32 Å². The molecule has 0 spiro atoms. The Bertz CT molecular complexity index is 322. The van der Waals surface area contributed by atoms with Gasteiger partial charge in [0.15, 0.2) is 0 Å². The zero-order valence-corrected chi connectivity index (χ0v) is 8.97. The van der Waals surface area contributed by atoms with Crippen molar-refractivity contribution in [1.29, 1.82) is 0 Å². The summed E-state index contributed by atoms with van der Waals surface area (Å²) in [5, 5.41) is 4.82. The van der Waals surface area contributed by atoms with Crippen LogP contribution in [0, 0.1) is 5.41 Å². The van der Waals surface area contributed by atoms with Crippen molar-refractivity contribution in [2.45, 2.75) is 19.3 Å². The first kappa shape index (κ1) is 10.2. The number of alkyl halides is 2. The summed E-state index contributed by atoms with van der Waals surface area (Å²) in [6.45, 7) is 0.321. The molecule has 0 atom stereocenters. The van der Waals surface area contributed by atoms with E-state index in [0.717, 1.165) is 5.69 Å². The summed E-state index contributed by atoms with van der Waals surface area (Å²) in [5.41, 5.74) is -0.0192. The highest BCUT2D eigenvalue weighted by atomic mass is 35.5. The summed E-state index contributed by atoms with van der Waals surface area (Å²) in [6.07, 6.45) is -1.01. The second-order valence-electron chi connectivity index (χ2n) is 3.62. The van der Waals surface area contributed by atoms with Gasteiger partial charge >= 0.3 is 0 Å². The summed E-state index contributed by atoms with van der Waals surface area (Å²) in [7, 11) is 0. The number of nitrogens with one attached hydrogen (secondary N) is 1. The molecular weight excluding hydrogens is 228 g/mol. The predicted octanol–water partition coefficient (Wildman–Crippen LogP) is 3.86. The molecule has 78 valence electrons. The van der Waals surface area contributed by atoms with E-state index in [1.807, 2.05) is 11.4 Å². The summed E-state index contributed by atoms with van der Waals surface area (Å²) in [5.74, 6) is 0. The SMILES string of the molecule is FC(F)C1(CNc2ccsc2Cl)CC1. The Balaban J connectivity index is 1.92. The highest BCUT2D eigenvalue weighted by Gasteiger charge is 2.50. The molecule has 0 unspecified atom stereocenters. The van der Waals surface area contributed by atoms with Crippen LogP contribution in [0.5, 0.6) is 0 Å². The van der Waals surface area contributed by atoms with Crippen LogP contribution in [0.4, 0.5) is 14.5 Å². The lowest BCUT2D eigenvalue weighted by Gasteiger charge is -2.14. The van der Waals surface area contributed by atoms with Crippen LogP contribution in [0.3, 0.4) is 0 Å². The number of rotatable bonds is 4. The molecule has 1 N–H and O–H groups in total. The maximum Gasteiger partial charge on any atom is 0.245 e. The highest BCUT2D eigenvalue weighted by Crippen LogP contribution is 2.50. The van der Waals surface area contributed by atoms with Crippen LogP contribution in [-0.4, -0.2) is 13.0 Å². The van der Waals surface area contributed by atoms with Crippen LogP contribution in [0.2, 0.25) is 4.34 Å². The second kappa shape index (κ2) is 3.66. The van der Waals surface area contributed by atoms with Gasteiger partial charge in [-0.05, 0) is 24.3 Å². The van der Waals surface area contributed by atoms with Crippen molar-refractivity contribution in [3.05, 3.63) is 15.8 Å². The zero-order chi connectivity index (χ0) is 10.2. The Morgan fingerprint density at radius 1 is 1.57 bits per heavy atom. The van der Waals surface area contributed by atoms with Gasteiger partial charge in [-0.3, -0.25) is 0 Å². The molecule has 1 heterocycles. The minimum absolute atomic E-state index is 0.321. The van der Waals surface area contributed by atoms with Crippen molar-refractivity contribution in [1.82, 2.24) is 0 Å². The van der Waals surface area contributed by atoms with Crippen molar-refractivity contribution >= 4 is 28.6 Å². The van der Waals surface area contributed by atoms with Crippen LogP contribution in [0.15, 0.2) is 11.4 Å². The predicted molar refractivity (Wildman–Crippen MR) is 55.5 cm³/mol. The zero-order valence-electron chi connectivity index (χ0n) is 7.40. The summed E-state index contributed by atoms with van der Waals surface area (Å²) in [6, 6.07) is 1.81. The third-order valence-corrected chi connectivity index (χ3v) is 3.77. The second-order valence-corrected chi connectivity index (χ2v) is 5.14. The first-order valence-corrected chi connectivity index (χ1v) is 5.65. The third kappa shape index (κ3) is 1.86. The summed E-state index contributed by atoms with van der Waals surface area (Å²) in [4.78, 5) is 0. The summed E-state index contributed by atoms with van der Waals surface area (Å²) < 4.78 is 25.7. The Morgan fingerprint density at radius 3 is 2.71 bits per heavy atom. The van der Waals surface area contributed by atoms with Gasteiger partial charge in [-0.2, -0.15) is 0 Å². The number of thiophene rings is 1. The van der Waals surface area contributed by atoms with Gasteiger partial charge in [-0.25, -0.2) is 8.78 Å². The summed E-state index contributed by atoms with van der Waals surface area (Å²) >= 11 is 7.24. The quantitative estimate of drug-likeness (QED) is 0.839. The molecule has 0 amide bonds. The minimum Gasteiger partial charge on any atom is -0.382 e. The molecular formula is C9H10ClF2NS. The van der Waals surface area contributed by atoms with Gasteiger partial charge in [-0.1, -0.05) is 11.6 Å². The Morgan fingerprint density at radius 2 is 2.29 bits per heavy atom. The molecule has 0 radical (unpaired) electrons. The van der Waals surface area contributed by atoms with Crippen molar-refractivity contribution in [3.63, 3.8) is 0 Å². The van der Waals surface area contributed by atoms with E-state index in [0.29, 0.717) is 23.7 Å². The van der Waals surface area contributed by atoms with Gasteiger partial charge in [0, 0.05) is 12.0 Å². The van der Waals surface area contributed by atoms with E-state index in [-0.39, 0.29) is 0 Å². The van der Waals surface area contributed by atoms with Gasteiger partial charge in [-0.15, -0.1) is 11.3 Å². The maximum atomic E-state index is 12.5. The fraction of sp³-hybridized carbons (Fsp3) is 0.556. The van der Waals surface area contributed by atoms with Crippen LogP contribution in [0.1, 0.15) is 12.8 Å². The molecule has 0 bridgehead atoms. The fourth-order valence-electron chi connectivity index (χ4n) is 1.32. The molecule has 2 rings (SSSR count). The van der Waals surface area contributed by atoms with E-state index in [4.69, 9.17) is 11.6 Å².